The summed E-state index contributed by atoms with van der Waals surface area (Å²) in [5.74, 6) is 0.0605. The van der Waals surface area contributed by atoms with Crippen molar-refractivity contribution in [1.29, 1.82) is 0 Å². The molecule has 0 bridgehead atoms. The largest absolute Gasteiger partial charge is 0.483 e. The van der Waals surface area contributed by atoms with E-state index in [1.165, 1.54) is 6.08 Å². The van der Waals surface area contributed by atoms with Crippen LogP contribution in [0.2, 0.25) is 0 Å². The first-order valence-electron chi connectivity index (χ1n) is 7.50. The Labute approximate surface area is 156 Å². The summed E-state index contributed by atoms with van der Waals surface area (Å²) in [5, 5.41) is 0. The highest BCUT2D eigenvalue weighted by molar-refractivity contribution is 9.11. The van der Waals surface area contributed by atoms with E-state index in [-0.39, 0.29) is 23.7 Å². The highest BCUT2D eigenvalue weighted by Gasteiger charge is 2.21. The second-order valence-corrected chi connectivity index (χ2v) is 6.89. The average Bonchev–Trinajstić information content (AvgIpc) is 2.54. The van der Waals surface area contributed by atoms with E-state index in [1.807, 2.05) is 0 Å². The van der Waals surface area contributed by atoms with Crippen molar-refractivity contribution in [3.8, 4) is 5.75 Å². The number of Topliss-reactive ketones (excluding diaryl/α,β-unsaturated/α-hetero) is 1. The lowest BCUT2D eigenvalue weighted by Gasteiger charge is -2.15. The van der Waals surface area contributed by atoms with Crippen LogP contribution in [-0.2, 0) is 14.3 Å². The number of carbonyl (C=O) groups excluding carboxylic acids is 3. The van der Waals surface area contributed by atoms with Crippen molar-refractivity contribution in [2.24, 2.45) is 0 Å². The normalized spacial score (nSPS) is 14.1. The molecule has 0 fully saturated rings. The summed E-state index contributed by atoms with van der Waals surface area (Å²) in [5.41, 5.74) is 0.260. The van der Waals surface area contributed by atoms with Gasteiger partial charge in [0.1, 0.15) is 18.1 Å². The number of ketones is 2. The second kappa shape index (κ2) is 8.58. The molecule has 0 heterocycles. The van der Waals surface area contributed by atoms with Gasteiger partial charge in [0.15, 0.2) is 11.6 Å². The first-order valence-corrected chi connectivity index (χ1v) is 9.09. The number of esters is 1. The zero-order valence-corrected chi connectivity index (χ0v) is 16.2. The van der Waals surface area contributed by atoms with E-state index in [4.69, 9.17) is 9.47 Å². The molecule has 5 nitrogen and oxygen atoms in total. The number of benzene rings is 1. The van der Waals surface area contributed by atoms with E-state index < -0.39 is 5.97 Å². The van der Waals surface area contributed by atoms with Crippen molar-refractivity contribution < 1.29 is 23.9 Å². The van der Waals surface area contributed by atoms with E-state index in [0.717, 1.165) is 0 Å². The van der Waals surface area contributed by atoms with Crippen molar-refractivity contribution in [2.45, 2.75) is 32.6 Å². The minimum Gasteiger partial charge on any atom is -0.483 e. The molecule has 0 amide bonds. The molecule has 1 aromatic rings. The summed E-state index contributed by atoms with van der Waals surface area (Å²) in [4.78, 5) is 35.2. The summed E-state index contributed by atoms with van der Waals surface area (Å²) in [7, 11) is 0. The van der Waals surface area contributed by atoms with Crippen LogP contribution in [0.15, 0.2) is 32.9 Å². The Morgan fingerprint density at radius 2 is 1.96 bits per heavy atom. The Kier molecular flexibility index (Phi) is 6.74. The van der Waals surface area contributed by atoms with Gasteiger partial charge in [-0.2, -0.15) is 0 Å². The molecule has 1 aromatic carbocycles. The summed E-state index contributed by atoms with van der Waals surface area (Å²) < 4.78 is 11.8. The van der Waals surface area contributed by atoms with Crippen LogP contribution < -0.4 is 4.74 Å². The van der Waals surface area contributed by atoms with Crippen LogP contribution in [0.4, 0.5) is 0 Å². The number of halogens is 2. The quantitative estimate of drug-likeness (QED) is 0.591. The zero-order chi connectivity index (χ0) is 17.7. The molecular formula is C17H16Br2O5. The van der Waals surface area contributed by atoms with Crippen LogP contribution in [-0.4, -0.2) is 24.1 Å². The monoisotopic (exact) mass is 458 g/mol. The molecule has 0 spiro atoms. The standard InChI is InChI=1S/C17H16Br2O5/c1-2-10(20)9-23-16-14(18)7-6-13(15(16)19)17(22)24-12-5-3-4-11(21)8-12/h6-8H,2-5,9H2,1H3. The molecule has 24 heavy (non-hydrogen) atoms. The van der Waals surface area contributed by atoms with Gasteiger partial charge >= 0.3 is 5.97 Å². The molecule has 0 atom stereocenters. The van der Waals surface area contributed by atoms with Crippen LogP contribution in [0.5, 0.6) is 5.75 Å². The molecule has 1 aliphatic rings. The maximum atomic E-state index is 12.4. The molecule has 0 radical (unpaired) electrons. The van der Waals surface area contributed by atoms with Gasteiger partial charge in [-0.3, -0.25) is 9.59 Å². The lowest BCUT2D eigenvalue weighted by Crippen LogP contribution is -2.13. The van der Waals surface area contributed by atoms with Crippen LogP contribution in [0.25, 0.3) is 0 Å². The van der Waals surface area contributed by atoms with Crippen LogP contribution in [0.1, 0.15) is 43.0 Å². The maximum absolute atomic E-state index is 12.4. The number of carbonyl (C=O) groups is 3. The number of hydrogen-bond acceptors (Lipinski definition) is 5. The Morgan fingerprint density at radius 1 is 1.21 bits per heavy atom. The van der Waals surface area contributed by atoms with E-state index >= 15 is 0 Å². The van der Waals surface area contributed by atoms with Crippen molar-refractivity contribution in [2.75, 3.05) is 6.61 Å². The first-order chi connectivity index (χ1) is 11.4. The van der Waals surface area contributed by atoms with Crippen molar-refractivity contribution >= 4 is 49.4 Å². The highest BCUT2D eigenvalue weighted by atomic mass is 79.9. The number of hydrogen-bond donors (Lipinski definition) is 0. The SMILES string of the molecule is CCC(=O)COc1c(Br)ccc(C(=O)OC2=CC(=O)CCC2)c1Br. The van der Waals surface area contributed by atoms with Gasteiger partial charge in [-0.15, -0.1) is 0 Å². The summed E-state index contributed by atoms with van der Waals surface area (Å²) in [6.07, 6.45) is 3.45. The Morgan fingerprint density at radius 3 is 2.62 bits per heavy atom. The summed E-state index contributed by atoms with van der Waals surface area (Å²) in [6, 6.07) is 3.23. The van der Waals surface area contributed by atoms with Gasteiger partial charge in [0, 0.05) is 25.3 Å². The van der Waals surface area contributed by atoms with E-state index in [2.05, 4.69) is 31.9 Å². The molecule has 2 rings (SSSR count). The molecule has 0 N–H and O–H groups in total. The zero-order valence-electron chi connectivity index (χ0n) is 13.1. The van der Waals surface area contributed by atoms with E-state index in [9.17, 15) is 14.4 Å². The second-order valence-electron chi connectivity index (χ2n) is 5.24. The topological polar surface area (TPSA) is 69.7 Å². The van der Waals surface area contributed by atoms with Gasteiger partial charge < -0.3 is 9.47 Å². The fourth-order valence-electron chi connectivity index (χ4n) is 2.09. The summed E-state index contributed by atoms with van der Waals surface area (Å²) in [6.45, 7) is 1.68. The third-order valence-electron chi connectivity index (χ3n) is 3.43. The molecule has 0 saturated carbocycles. The fourth-order valence-corrected chi connectivity index (χ4v) is 3.43. The van der Waals surface area contributed by atoms with Crippen LogP contribution in [0, 0.1) is 0 Å². The van der Waals surface area contributed by atoms with Crippen LogP contribution >= 0.6 is 31.9 Å². The van der Waals surface area contributed by atoms with Gasteiger partial charge in [0.05, 0.1) is 14.5 Å². The molecule has 128 valence electrons. The first kappa shape index (κ1) is 18.9. The molecule has 0 aromatic heterocycles. The molecule has 0 saturated heterocycles. The van der Waals surface area contributed by atoms with Crippen molar-refractivity contribution in [1.82, 2.24) is 0 Å². The number of allylic oxidation sites excluding steroid dienone is 2. The average molecular weight is 460 g/mol. The molecule has 0 unspecified atom stereocenters. The van der Waals surface area contributed by atoms with Gasteiger partial charge in [-0.25, -0.2) is 4.79 Å². The van der Waals surface area contributed by atoms with Crippen molar-refractivity contribution in [3.05, 3.63) is 38.5 Å². The Balaban J connectivity index is 2.19. The lowest BCUT2D eigenvalue weighted by molar-refractivity contribution is -0.120. The summed E-state index contributed by atoms with van der Waals surface area (Å²) >= 11 is 6.66. The molecule has 7 heteroatoms. The predicted octanol–water partition coefficient (Wildman–Crippen LogP) is 4.36. The molecule has 0 aliphatic heterocycles. The van der Waals surface area contributed by atoms with Crippen molar-refractivity contribution in [3.63, 3.8) is 0 Å². The Bertz CT molecular complexity index is 709. The molecular weight excluding hydrogens is 444 g/mol. The van der Waals surface area contributed by atoms with Gasteiger partial charge in [0.25, 0.3) is 0 Å². The van der Waals surface area contributed by atoms with Gasteiger partial charge in [-0.05, 0) is 50.4 Å². The van der Waals surface area contributed by atoms with E-state index in [0.29, 0.717) is 46.1 Å². The maximum Gasteiger partial charge on any atom is 0.344 e. The van der Waals surface area contributed by atoms with Gasteiger partial charge in [-0.1, -0.05) is 6.92 Å². The number of rotatable bonds is 6. The van der Waals surface area contributed by atoms with Crippen LogP contribution in [0.3, 0.4) is 0 Å². The number of ether oxygens (including phenoxy) is 2. The molecule has 1 aliphatic carbocycles. The smallest absolute Gasteiger partial charge is 0.344 e. The minimum absolute atomic E-state index is 0.0407. The third kappa shape index (κ3) is 4.77. The highest BCUT2D eigenvalue weighted by Crippen LogP contribution is 2.37. The van der Waals surface area contributed by atoms with E-state index in [1.54, 1.807) is 19.1 Å². The lowest BCUT2D eigenvalue weighted by atomic mass is 10.1. The van der Waals surface area contributed by atoms with Gasteiger partial charge in [0.2, 0.25) is 0 Å². The predicted molar refractivity (Wildman–Crippen MR) is 95.0 cm³/mol. The Hall–Kier alpha value is -1.47. The minimum atomic E-state index is -0.581. The fraction of sp³-hybridized carbons (Fsp3) is 0.353. The third-order valence-corrected chi connectivity index (χ3v) is 4.84.